The van der Waals surface area contributed by atoms with Crippen LogP contribution >= 0.6 is 0 Å². The van der Waals surface area contributed by atoms with Crippen LogP contribution in [0.1, 0.15) is 80.1 Å². The predicted octanol–water partition coefficient (Wildman–Crippen LogP) is 6.28. The summed E-state index contributed by atoms with van der Waals surface area (Å²) in [5, 5.41) is 0.167. The van der Waals surface area contributed by atoms with Gasteiger partial charge in [-0.25, -0.2) is 0 Å². The van der Waals surface area contributed by atoms with Crippen molar-refractivity contribution in [2.24, 2.45) is 28.1 Å². The number of hydrogen-bond acceptors (Lipinski definition) is 5. The molecule has 5 aliphatic rings. The molecule has 0 N–H and O–H groups in total. The molecule has 0 spiro atoms. The Hall–Kier alpha value is -0.693. The minimum atomic E-state index is -1.94. The van der Waals surface area contributed by atoms with Gasteiger partial charge in [0.1, 0.15) is 5.60 Å². The monoisotopic (exact) mass is 504 g/mol. The van der Waals surface area contributed by atoms with Gasteiger partial charge < -0.3 is 18.6 Å². The summed E-state index contributed by atoms with van der Waals surface area (Å²) < 4.78 is 25.7. The first-order chi connectivity index (χ1) is 16.1. The molecule has 9 atom stereocenters. The van der Waals surface area contributed by atoms with E-state index in [-0.39, 0.29) is 57.1 Å². The van der Waals surface area contributed by atoms with Gasteiger partial charge in [0.2, 0.25) is 0 Å². The fraction of sp³-hybridized carbons (Fsp3) is 0.897. The van der Waals surface area contributed by atoms with E-state index in [1.165, 1.54) is 0 Å². The van der Waals surface area contributed by atoms with Gasteiger partial charge in [0, 0.05) is 10.8 Å². The van der Waals surface area contributed by atoms with Crippen molar-refractivity contribution < 1.29 is 23.4 Å². The average molecular weight is 505 g/mol. The predicted molar refractivity (Wildman–Crippen MR) is 140 cm³/mol. The van der Waals surface area contributed by atoms with Gasteiger partial charge in [0.25, 0.3) is 0 Å². The Labute approximate surface area is 213 Å². The highest BCUT2D eigenvalue weighted by molar-refractivity contribution is 6.74. The number of carbonyl (C=O) groups excluding carboxylic acids is 1. The van der Waals surface area contributed by atoms with Crippen LogP contribution in [-0.2, 0) is 23.4 Å². The maximum Gasteiger partial charge on any atom is 0.312 e. The van der Waals surface area contributed by atoms with E-state index in [9.17, 15) is 4.79 Å². The first-order valence-corrected chi connectivity index (χ1v) is 16.7. The van der Waals surface area contributed by atoms with Crippen molar-refractivity contribution in [2.75, 3.05) is 13.7 Å². The standard InChI is InChI=1S/C29H48O5Si/c1-11-16-32-22-25(5)13-12-19-26(6)18-28(26,34-35(9,10)24(2,3)4)14-15-29(19,23(30)31-8)20(25)17-21-27(22,7)33-21/h11,19-22H,1,12-18H2,2-10H3/t19-,20-,21-,22-,25+,26-,27-,28+,29+/m0/s1. The van der Waals surface area contributed by atoms with Crippen LogP contribution in [0.15, 0.2) is 12.7 Å². The van der Waals surface area contributed by atoms with Crippen LogP contribution in [-0.4, -0.2) is 51.4 Å². The summed E-state index contributed by atoms with van der Waals surface area (Å²) in [6.45, 7) is 23.1. The molecule has 1 saturated heterocycles. The Morgan fingerprint density at radius 1 is 1.14 bits per heavy atom. The summed E-state index contributed by atoms with van der Waals surface area (Å²) in [6, 6.07) is 0. The van der Waals surface area contributed by atoms with Crippen molar-refractivity contribution in [1.29, 1.82) is 0 Å². The summed E-state index contributed by atoms with van der Waals surface area (Å²) in [5.41, 5.74) is -0.980. The molecule has 0 aromatic rings. The minimum Gasteiger partial charge on any atom is -0.469 e. The van der Waals surface area contributed by atoms with E-state index < -0.39 is 13.7 Å². The van der Waals surface area contributed by atoms with Crippen LogP contribution in [0.5, 0.6) is 0 Å². The van der Waals surface area contributed by atoms with Gasteiger partial charge in [0.05, 0.1) is 36.9 Å². The van der Waals surface area contributed by atoms with Crippen molar-refractivity contribution in [1.82, 2.24) is 0 Å². The molecular formula is C29H48O5Si. The molecule has 0 amide bonds. The highest BCUT2D eigenvalue weighted by Crippen LogP contribution is 2.80. The van der Waals surface area contributed by atoms with Crippen LogP contribution in [0, 0.1) is 28.1 Å². The minimum absolute atomic E-state index is 0.0128. The van der Waals surface area contributed by atoms with E-state index >= 15 is 0 Å². The lowest BCUT2D eigenvalue weighted by Crippen LogP contribution is -2.67. The Balaban J connectivity index is 1.54. The molecule has 198 valence electrons. The maximum atomic E-state index is 13.9. The quantitative estimate of drug-likeness (QED) is 0.184. The van der Waals surface area contributed by atoms with Crippen LogP contribution in [0.2, 0.25) is 18.1 Å². The van der Waals surface area contributed by atoms with Gasteiger partial charge in [-0.1, -0.05) is 40.7 Å². The zero-order valence-electron chi connectivity index (χ0n) is 23.6. The molecule has 35 heavy (non-hydrogen) atoms. The molecule has 6 heteroatoms. The fourth-order valence-electron chi connectivity index (χ4n) is 9.12. The molecule has 0 unspecified atom stereocenters. The largest absolute Gasteiger partial charge is 0.469 e. The van der Waals surface area contributed by atoms with Gasteiger partial charge in [-0.05, 0) is 75.4 Å². The lowest BCUT2D eigenvalue weighted by Gasteiger charge is -2.63. The number of esters is 1. The second kappa shape index (κ2) is 7.45. The zero-order chi connectivity index (χ0) is 25.9. The van der Waals surface area contributed by atoms with Crippen molar-refractivity contribution in [3.8, 4) is 0 Å². The van der Waals surface area contributed by atoms with E-state index in [0.29, 0.717) is 6.61 Å². The lowest BCUT2D eigenvalue weighted by atomic mass is 9.41. The summed E-state index contributed by atoms with van der Waals surface area (Å²) in [5.74, 6) is 0.432. The van der Waals surface area contributed by atoms with E-state index in [2.05, 4.69) is 61.2 Å². The second-order valence-electron chi connectivity index (χ2n) is 14.7. The van der Waals surface area contributed by atoms with Crippen LogP contribution in [0.3, 0.4) is 0 Å². The normalized spacial score (nSPS) is 50.2. The first kappa shape index (κ1) is 25.9. The number of carbonyl (C=O) groups is 1. The molecule has 0 aromatic heterocycles. The highest BCUT2D eigenvalue weighted by Gasteiger charge is 2.83. The van der Waals surface area contributed by atoms with Crippen molar-refractivity contribution in [3.63, 3.8) is 0 Å². The third-order valence-electron chi connectivity index (χ3n) is 12.0. The summed E-state index contributed by atoms with van der Waals surface area (Å²) in [6.07, 6.45) is 7.75. The van der Waals surface area contributed by atoms with Gasteiger partial charge in [-0.2, -0.15) is 0 Å². The number of ether oxygens (including phenoxy) is 3. The third-order valence-corrected chi connectivity index (χ3v) is 16.6. The number of hydrogen-bond donors (Lipinski definition) is 0. The Morgan fingerprint density at radius 3 is 2.43 bits per heavy atom. The summed E-state index contributed by atoms with van der Waals surface area (Å²) >= 11 is 0. The number of epoxide rings is 1. The zero-order valence-corrected chi connectivity index (χ0v) is 24.6. The molecule has 0 radical (unpaired) electrons. The smallest absolute Gasteiger partial charge is 0.312 e. The fourth-order valence-corrected chi connectivity index (χ4v) is 10.8. The van der Waals surface area contributed by atoms with Gasteiger partial charge in [-0.15, -0.1) is 6.58 Å². The summed E-state index contributed by atoms with van der Waals surface area (Å²) in [4.78, 5) is 13.9. The molecule has 5 nitrogen and oxygen atoms in total. The third kappa shape index (κ3) is 3.18. The van der Waals surface area contributed by atoms with E-state index in [0.717, 1.165) is 38.5 Å². The van der Waals surface area contributed by atoms with Crippen LogP contribution in [0.25, 0.3) is 0 Å². The SMILES string of the molecule is C=CCO[C@H]1[C@]2(C)CC[C@@H]3[C@](C(=O)OC)(CC[C@@]4(O[Si](C)(C)C(C)(C)C)C[C@@]34C)[C@H]2C[C@@H]2O[C@@]21C. The van der Waals surface area contributed by atoms with Crippen LogP contribution in [0.4, 0.5) is 0 Å². The van der Waals surface area contributed by atoms with Gasteiger partial charge in [0.15, 0.2) is 8.32 Å². The Kier molecular flexibility index (Phi) is 5.52. The molecule has 1 aliphatic heterocycles. The molecule has 5 fully saturated rings. The topological polar surface area (TPSA) is 57.3 Å². The molecule has 5 rings (SSSR count). The number of fused-ring (bicyclic) bond motifs is 6. The average Bonchev–Trinajstić information content (AvgIpc) is 3.60. The number of methoxy groups -OCH3 is 1. The molecule has 0 aromatic carbocycles. The molecule has 4 aliphatic carbocycles. The Morgan fingerprint density at radius 2 is 1.83 bits per heavy atom. The number of rotatable bonds is 6. The van der Waals surface area contributed by atoms with Crippen LogP contribution < -0.4 is 0 Å². The van der Waals surface area contributed by atoms with E-state index in [1.54, 1.807) is 7.11 Å². The van der Waals surface area contributed by atoms with Gasteiger partial charge >= 0.3 is 5.97 Å². The lowest BCUT2D eigenvalue weighted by molar-refractivity contribution is -0.216. The Bertz CT molecular complexity index is 927. The maximum absolute atomic E-state index is 13.9. The van der Waals surface area contributed by atoms with E-state index in [4.69, 9.17) is 18.6 Å². The highest BCUT2D eigenvalue weighted by atomic mass is 28.4. The molecule has 4 saturated carbocycles. The van der Waals surface area contributed by atoms with Crippen molar-refractivity contribution >= 4 is 14.3 Å². The van der Waals surface area contributed by atoms with E-state index in [1.807, 2.05) is 6.08 Å². The van der Waals surface area contributed by atoms with Crippen molar-refractivity contribution in [2.45, 2.75) is 122 Å². The second-order valence-corrected chi connectivity index (χ2v) is 19.4. The first-order valence-electron chi connectivity index (χ1n) is 13.8. The van der Waals surface area contributed by atoms with Crippen molar-refractivity contribution in [3.05, 3.63) is 12.7 Å². The molecule has 0 bridgehead atoms. The van der Waals surface area contributed by atoms with Gasteiger partial charge in [-0.3, -0.25) is 4.79 Å². The molecular weight excluding hydrogens is 456 g/mol. The summed E-state index contributed by atoms with van der Waals surface area (Å²) in [7, 11) is -0.363. The molecule has 1 heterocycles.